The molecule has 2 aromatic heterocycles. The number of carbonyl (C=O) groups excluding carboxylic acids is 1. The Morgan fingerprint density at radius 2 is 2.09 bits per heavy atom. The molecule has 2 heterocycles. The Kier molecular flexibility index (Phi) is 5.65. The molecule has 0 spiro atoms. The molecule has 0 aromatic carbocycles. The molecule has 5 nitrogen and oxygen atoms in total. The number of amides is 1. The minimum atomic E-state index is -0.189. The number of hydrogen-bond acceptors (Lipinski definition) is 4. The van der Waals surface area contributed by atoms with E-state index in [-0.39, 0.29) is 5.91 Å². The van der Waals surface area contributed by atoms with Crippen LogP contribution in [0.2, 0.25) is 0 Å². The predicted molar refractivity (Wildman–Crippen MR) is 88.0 cm³/mol. The zero-order valence-corrected chi connectivity index (χ0v) is 12.7. The van der Waals surface area contributed by atoms with Crippen molar-refractivity contribution in [1.29, 1.82) is 0 Å². The maximum Gasteiger partial charge on any atom is 0.270 e. The Labute approximate surface area is 130 Å². The minimum absolute atomic E-state index is 0.189. The Bertz CT molecular complexity index is 610. The molecule has 0 aliphatic carbocycles. The average molecular weight is 296 g/mol. The van der Waals surface area contributed by atoms with Crippen LogP contribution >= 0.6 is 0 Å². The van der Waals surface area contributed by atoms with Crippen LogP contribution in [0.5, 0.6) is 0 Å². The summed E-state index contributed by atoms with van der Waals surface area (Å²) in [5, 5.41) is 2.70. The smallest absolute Gasteiger partial charge is 0.270 e. The molecule has 0 radical (unpaired) electrons. The Morgan fingerprint density at radius 3 is 2.73 bits per heavy atom. The molecule has 0 saturated carbocycles. The summed E-state index contributed by atoms with van der Waals surface area (Å²) >= 11 is 0. The second-order valence-corrected chi connectivity index (χ2v) is 4.93. The van der Waals surface area contributed by atoms with Gasteiger partial charge in [0.1, 0.15) is 5.69 Å². The zero-order valence-electron chi connectivity index (χ0n) is 12.7. The molecule has 0 bridgehead atoms. The largest absolute Gasteiger partial charge is 0.373 e. The summed E-state index contributed by atoms with van der Waals surface area (Å²) in [6, 6.07) is 7.66. The van der Waals surface area contributed by atoms with Crippen molar-refractivity contribution in [2.45, 2.75) is 6.42 Å². The van der Waals surface area contributed by atoms with Gasteiger partial charge < -0.3 is 10.2 Å². The van der Waals surface area contributed by atoms with E-state index in [0.29, 0.717) is 12.2 Å². The lowest BCUT2D eigenvalue weighted by molar-refractivity contribution is 0.0953. The van der Waals surface area contributed by atoms with Gasteiger partial charge >= 0.3 is 0 Å². The van der Waals surface area contributed by atoms with Gasteiger partial charge in [-0.2, -0.15) is 0 Å². The van der Waals surface area contributed by atoms with Crippen molar-refractivity contribution < 1.29 is 4.79 Å². The summed E-state index contributed by atoms with van der Waals surface area (Å²) in [6.45, 7) is 4.87. The van der Waals surface area contributed by atoms with Gasteiger partial charge in [-0.15, -0.1) is 6.58 Å². The molecule has 22 heavy (non-hydrogen) atoms. The van der Waals surface area contributed by atoms with Crippen molar-refractivity contribution in [3.63, 3.8) is 0 Å². The Morgan fingerprint density at radius 1 is 1.32 bits per heavy atom. The lowest BCUT2D eigenvalue weighted by Crippen LogP contribution is -2.25. The van der Waals surface area contributed by atoms with Crippen LogP contribution in [0.15, 0.2) is 55.5 Å². The molecular weight excluding hydrogens is 276 g/mol. The molecule has 0 aliphatic heterocycles. The third-order valence-electron chi connectivity index (χ3n) is 3.31. The molecule has 114 valence electrons. The van der Waals surface area contributed by atoms with E-state index in [0.717, 1.165) is 18.7 Å². The monoisotopic (exact) mass is 296 g/mol. The van der Waals surface area contributed by atoms with E-state index in [2.05, 4.69) is 26.8 Å². The van der Waals surface area contributed by atoms with Crippen LogP contribution in [-0.4, -0.2) is 36.0 Å². The first kappa shape index (κ1) is 15.7. The summed E-state index contributed by atoms with van der Waals surface area (Å²) in [5.74, 6) is -0.189. The molecule has 1 amide bonds. The number of nitrogens with one attached hydrogen (secondary N) is 1. The lowest BCUT2D eigenvalue weighted by Gasteiger charge is -2.19. The number of anilines is 1. The third-order valence-corrected chi connectivity index (χ3v) is 3.31. The number of aromatic nitrogens is 2. The summed E-state index contributed by atoms with van der Waals surface area (Å²) in [6.07, 6.45) is 7.89. The minimum Gasteiger partial charge on any atom is -0.373 e. The predicted octanol–water partition coefficient (Wildman–Crippen LogP) is 2.07. The number of likely N-dealkylation sites (N-methyl/N-ethyl adjacent to an activating group) is 1. The molecule has 5 heteroatoms. The highest BCUT2D eigenvalue weighted by molar-refractivity contribution is 5.92. The molecular formula is C17H20N4O. The summed E-state index contributed by atoms with van der Waals surface area (Å²) in [5.41, 5.74) is 2.64. The van der Waals surface area contributed by atoms with Gasteiger partial charge in [0.2, 0.25) is 0 Å². The molecule has 1 N–H and O–H groups in total. The number of hydrogen-bond donors (Lipinski definition) is 1. The fourth-order valence-electron chi connectivity index (χ4n) is 1.98. The lowest BCUT2D eigenvalue weighted by atomic mass is 10.2. The first-order chi connectivity index (χ1) is 10.7. The number of rotatable bonds is 7. The van der Waals surface area contributed by atoms with Crippen molar-refractivity contribution in [1.82, 2.24) is 15.3 Å². The van der Waals surface area contributed by atoms with Crippen molar-refractivity contribution >= 4 is 11.6 Å². The number of carbonyl (C=O) groups is 1. The molecule has 2 aromatic rings. The van der Waals surface area contributed by atoms with Crippen molar-refractivity contribution in [3.05, 3.63) is 66.8 Å². The quantitative estimate of drug-likeness (QED) is 0.795. The summed E-state index contributed by atoms with van der Waals surface area (Å²) in [7, 11) is 2.01. The van der Waals surface area contributed by atoms with E-state index in [1.54, 1.807) is 30.7 Å². The highest BCUT2D eigenvalue weighted by Crippen LogP contribution is 2.12. The van der Waals surface area contributed by atoms with Crippen LogP contribution in [0.1, 0.15) is 16.1 Å². The summed E-state index contributed by atoms with van der Waals surface area (Å²) < 4.78 is 0. The van der Waals surface area contributed by atoms with Crippen LogP contribution < -0.4 is 10.2 Å². The fourth-order valence-corrected chi connectivity index (χ4v) is 1.98. The Balaban J connectivity index is 1.91. The van der Waals surface area contributed by atoms with E-state index in [9.17, 15) is 4.79 Å². The molecule has 0 saturated heterocycles. The van der Waals surface area contributed by atoms with Gasteiger partial charge in [0.25, 0.3) is 5.91 Å². The van der Waals surface area contributed by atoms with Gasteiger partial charge in [-0.1, -0.05) is 6.08 Å². The summed E-state index contributed by atoms with van der Waals surface area (Å²) in [4.78, 5) is 22.1. The van der Waals surface area contributed by atoms with Crippen molar-refractivity contribution in [2.24, 2.45) is 0 Å². The van der Waals surface area contributed by atoms with Gasteiger partial charge in [-0.05, 0) is 36.2 Å². The molecule has 0 atom stereocenters. The first-order valence-electron chi connectivity index (χ1n) is 7.16. The zero-order chi connectivity index (χ0) is 15.8. The van der Waals surface area contributed by atoms with Gasteiger partial charge in [0.15, 0.2) is 0 Å². The van der Waals surface area contributed by atoms with Gasteiger partial charge in [-0.25, -0.2) is 4.98 Å². The van der Waals surface area contributed by atoms with E-state index in [1.807, 2.05) is 25.2 Å². The van der Waals surface area contributed by atoms with Crippen LogP contribution in [0.3, 0.4) is 0 Å². The maximum atomic E-state index is 11.8. The normalized spacial score (nSPS) is 10.0. The van der Waals surface area contributed by atoms with Crippen LogP contribution in [0, 0.1) is 0 Å². The first-order valence-corrected chi connectivity index (χ1v) is 7.16. The van der Waals surface area contributed by atoms with Crippen LogP contribution in [0.4, 0.5) is 5.69 Å². The standard InChI is InChI=1S/C17H20N4O/c1-3-9-19-17(22)16-5-4-15(13-20-16)21(2)12-8-14-6-10-18-11-7-14/h3-7,10-11,13H,1,8-9,12H2,2H3,(H,19,22). The van der Waals surface area contributed by atoms with Gasteiger partial charge in [0, 0.05) is 32.5 Å². The van der Waals surface area contributed by atoms with Crippen LogP contribution in [0.25, 0.3) is 0 Å². The molecule has 2 rings (SSSR count). The second-order valence-electron chi connectivity index (χ2n) is 4.93. The van der Waals surface area contributed by atoms with E-state index < -0.39 is 0 Å². The number of nitrogens with zero attached hydrogens (tertiary/aromatic N) is 3. The number of pyridine rings is 2. The molecule has 0 aliphatic rings. The van der Waals surface area contributed by atoms with E-state index >= 15 is 0 Å². The third kappa shape index (κ3) is 4.41. The topological polar surface area (TPSA) is 58.1 Å². The van der Waals surface area contributed by atoms with E-state index in [4.69, 9.17) is 0 Å². The molecule has 0 fully saturated rings. The maximum absolute atomic E-state index is 11.8. The second kappa shape index (κ2) is 7.93. The highest BCUT2D eigenvalue weighted by Gasteiger charge is 2.07. The SMILES string of the molecule is C=CCNC(=O)c1ccc(N(C)CCc2ccncc2)cn1. The van der Waals surface area contributed by atoms with E-state index in [1.165, 1.54) is 5.56 Å². The van der Waals surface area contributed by atoms with Gasteiger partial charge in [-0.3, -0.25) is 9.78 Å². The van der Waals surface area contributed by atoms with Gasteiger partial charge in [0.05, 0.1) is 11.9 Å². The fraction of sp³-hybridized carbons (Fsp3) is 0.235. The Hall–Kier alpha value is -2.69. The average Bonchev–Trinajstić information content (AvgIpc) is 2.58. The highest BCUT2D eigenvalue weighted by atomic mass is 16.1. The van der Waals surface area contributed by atoms with Crippen molar-refractivity contribution in [3.8, 4) is 0 Å². The molecule has 0 unspecified atom stereocenters. The van der Waals surface area contributed by atoms with Crippen molar-refractivity contribution in [2.75, 3.05) is 25.0 Å². The van der Waals surface area contributed by atoms with Crippen LogP contribution in [-0.2, 0) is 6.42 Å².